The Bertz CT molecular complexity index is 626. The molecule has 2 saturated heterocycles. The summed E-state index contributed by atoms with van der Waals surface area (Å²) < 4.78 is 34.0. The second-order valence-electron chi connectivity index (χ2n) is 6.76. The number of alkyl halides is 2. The number of halogens is 2. The highest BCUT2D eigenvalue weighted by atomic mass is 19.3. The van der Waals surface area contributed by atoms with Crippen LogP contribution in [0.15, 0.2) is 18.3 Å². The third kappa shape index (κ3) is 3.09. The molecule has 3 rings (SSSR count). The van der Waals surface area contributed by atoms with Gasteiger partial charge in [0.1, 0.15) is 0 Å². The molecule has 2 aliphatic rings. The number of rotatable bonds is 4. The number of nitrogens with zero attached hydrogens (tertiary/aromatic N) is 3. The number of hydrogen-bond donors (Lipinski definition) is 0. The first-order chi connectivity index (χ1) is 11.4. The number of ether oxygens (including phenoxy) is 1. The number of hydrogen-bond acceptors (Lipinski definition) is 4. The van der Waals surface area contributed by atoms with Gasteiger partial charge < -0.3 is 9.64 Å². The largest absolute Gasteiger partial charge is 0.481 e. The van der Waals surface area contributed by atoms with E-state index < -0.39 is 11.3 Å². The van der Waals surface area contributed by atoms with Crippen LogP contribution in [0.3, 0.4) is 0 Å². The highest BCUT2D eigenvalue weighted by Gasteiger charge is 2.56. The average Bonchev–Trinajstić information content (AvgIpc) is 2.82. The molecule has 0 saturated carbocycles. The smallest absolute Gasteiger partial charge is 0.261 e. The fraction of sp³-hybridized carbons (Fsp3) is 0.647. The molecule has 1 amide bonds. The van der Waals surface area contributed by atoms with Crippen molar-refractivity contribution in [2.45, 2.75) is 32.2 Å². The Morgan fingerprint density at radius 1 is 1.38 bits per heavy atom. The van der Waals surface area contributed by atoms with E-state index in [0.29, 0.717) is 38.5 Å². The molecule has 132 valence electrons. The summed E-state index contributed by atoms with van der Waals surface area (Å²) in [5, 5.41) is 0. The van der Waals surface area contributed by atoms with Crippen molar-refractivity contribution in [1.29, 1.82) is 0 Å². The van der Waals surface area contributed by atoms with Crippen molar-refractivity contribution in [3.05, 3.63) is 23.9 Å². The summed E-state index contributed by atoms with van der Waals surface area (Å²) in [5.74, 6) is -2.56. The van der Waals surface area contributed by atoms with Crippen molar-refractivity contribution in [2.24, 2.45) is 5.41 Å². The standard InChI is InChI=1S/C17H23F2N3O2/c1-3-22-8-6-16(15(22)23)10-17(18,19)12-21(11-16)9-13-5-4-7-20-14(13)24-2/h4-5,7H,3,6,8-12H2,1-2H3/t16-/m1/s1. The van der Waals surface area contributed by atoms with Crippen LogP contribution in [0.1, 0.15) is 25.3 Å². The topological polar surface area (TPSA) is 45.7 Å². The van der Waals surface area contributed by atoms with E-state index in [1.807, 2.05) is 13.0 Å². The normalized spacial score (nSPS) is 27.0. The van der Waals surface area contributed by atoms with E-state index >= 15 is 0 Å². The van der Waals surface area contributed by atoms with E-state index in [9.17, 15) is 13.6 Å². The van der Waals surface area contributed by atoms with Crippen LogP contribution in [0, 0.1) is 5.41 Å². The van der Waals surface area contributed by atoms with Crippen molar-refractivity contribution in [2.75, 3.05) is 33.3 Å². The maximum atomic E-state index is 14.4. The number of aromatic nitrogens is 1. The van der Waals surface area contributed by atoms with Gasteiger partial charge in [0.2, 0.25) is 11.8 Å². The molecule has 2 fully saturated rings. The van der Waals surface area contributed by atoms with Crippen LogP contribution in [0.25, 0.3) is 0 Å². The molecule has 0 N–H and O–H groups in total. The highest BCUT2D eigenvalue weighted by molar-refractivity contribution is 5.85. The van der Waals surface area contributed by atoms with Crippen LogP contribution in [0.2, 0.25) is 0 Å². The summed E-state index contributed by atoms with van der Waals surface area (Å²) in [4.78, 5) is 20.1. The van der Waals surface area contributed by atoms with E-state index in [1.165, 1.54) is 7.11 Å². The van der Waals surface area contributed by atoms with Gasteiger partial charge in [-0.1, -0.05) is 6.07 Å². The van der Waals surface area contributed by atoms with Gasteiger partial charge in [-0.05, 0) is 19.4 Å². The van der Waals surface area contributed by atoms with Crippen LogP contribution >= 0.6 is 0 Å². The molecule has 0 bridgehead atoms. The number of pyridine rings is 1. The predicted octanol–water partition coefficient (Wildman–Crippen LogP) is 2.17. The van der Waals surface area contributed by atoms with Crippen molar-refractivity contribution in [3.8, 4) is 5.88 Å². The second kappa shape index (κ2) is 6.27. The minimum atomic E-state index is -2.87. The first kappa shape index (κ1) is 17.1. The van der Waals surface area contributed by atoms with Crippen molar-refractivity contribution in [3.63, 3.8) is 0 Å². The Kier molecular flexibility index (Phi) is 4.46. The molecular weight excluding hydrogens is 316 g/mol. The fourth-order valence-corrected chi connectivity index (χ4v) is 4.00. The summed E-state index contributed by atoms with van der Waals surface area (Å²) >= 11 is 0. The van der Waals surface area contributed by atoms with Crippen molar-refractivity contribution >= 4 is 5.91 Å². The minimum absolute atomic E-state index is 0.132. The Morgan fingerprint density at radius 2 is 2.17 bits per heavy atom. The third-order valence-electron chi connectivity index (χ3n) is 5.00. The molecule has 5 nitrogen and oxygen atoms in total. The predicted molar refractivity (Wildman–Crippen MR) is 84.9 cm³/mol. The van der Waals surface area contributed by atoms with Crippen molar-refractivity contribution < 1.29 is 18.3 Å². The third-order valence-corrected chi connectivity index (χ3v) is 5.00. The summed E-state index contributed by atoms with van der Waals surface area (Å²) in [5.41, 5.74) is -0.210. The maximum absolute atomic E-state index is 14.4. The number of likely N-dealkylation sites (tertiary alicyclic amines) is 2. The zero-order valence-corrected chi connectivity index (χ0v) is 14.1. The quantitative estimate of drug-likeness (QED) is 0.843. The maximum Gasteiger partial charge on any atom is 0.261 e. The molecule has 1 atom stereocenters. The summed E-state index contributed by atoms with van der Waals surface area (Å²) in [6, 6.07) is 3.58. The SMILES string of the molecule is CCN1CC[C@@]2(CN(Cc3cccnc3OC)CC(F)(F)C2)C1=O. The van der Waals surface area contributed by atoms with Gasteiger partial charge in [-0.25, -0.2) is 13.8 Å². The Morgan fingerprint density at radius 3 is 2.83 bits per heavy atom. The zero-order chi connectivity index (χ0) is 17.4. The van der Waals surface area contributed by atoms with E-state index in [1.54, 1.807) is 22.1 Å². The van der Waals surface area contributed by atoms with Gasteiger partial charge in [0.15, 0.2) is 0 Å². The Balaban J connectivity index is 1.83. The molecular formula is C17H23F2N3O2. The van der Waals surface area contributed by atoms with Gasteiger partial charge >= 0.3 is 0 Å². The summed E-state index contributed by atoms with van der Waals surface area (Å²) in [6.07, 6.45) is 1.75. The van der Waals surface area contributed by atoms with Crippen LogP contribution in [0.5, 0.6) is 5.88 Å². The van der Waals surface area contributed by atoms with E-state index in [-0.39, 0.29) is 18.9 Å². The summed E-state index contributed by atoms with van der Waals surface area (Å²) in [7, 11) is 1.51. The van der Waals surface area contributed by atoms with E-state index in [4.69, 9.17) is 4.74 Å². The molecule has 0 aromatic carbocycles. The molecule has 2 aliphatic heterocycles. The number of methoxy groups -OCH3 is 1. The lowest BCUT2D eigenvalue weighted by molar-refractivity contribution is -0.155. The van der Waals surface area contributed by atoms with Gasteiger partial charge in [-0.2, -0.15) is 0 Å². The molecule has 0 aliphatic carbocycles. The molecule has 7 heteroatoms. The number of carbonyl (C=O) groups excluding carboxylic acids is 1. The number of piperidine rings is 1. The first-order valence-electron chi connectivity index (χ1n) is 8.26. The molecule has 3 heterocycles. The molecule has 0 unspecified atom stereocenters. The lowest BCUT2D eigenvalue weighted by Crippen LogP contribution is -2.55. The van der Waals surface area contributed by atoms with Crippen LogP contribution < -0.4 is 4.74 Å². The zero-order valence-electron chi connectivity index (χ0n) is 14.1. The second-order valence-corrected chi connectivity index (χ2v) is 6.76. The highest BCUT2D eigenvalue weighted by Crippen LogP contribution is 2.46. The minimum Gasteiger partial charge on any atom is -0.481 e. The fourth-order valence-electron chi connectivity index (χ4n) is 4.00. The average molecular weight is 339 g/mol. The van der Waals surface area contributed by atoms with Gasteiger partial charge in [-0.3, -0.25) is 9.69 Å². The van der Waals surface area contributed by atoms with Gasteiger partial charge in [-0.15, -0.1) is 0 Å². The molecule has 1 aromatic heterocycles. The van der Waals surface area contributed by atoms with E-state index in [0.717, 1.165) is 5.56 Å². The Hall–Kier alpha value is -1.76. The summed E-state index contributed by atoms with van der Waals surface area (Å²) in [6.45, 7) is 3.34. The molecule has 1 aromatic rings. The van der Waals surface area contributed by atoms with Crippen LogP contribution in [0.4, 0.5) is 8.78 Å². The van der Waals surface area contributed by atoms with Crippen LogP contribution in [-0.4, -0.2) is 59.9 Å². The number of carbonyl (C=O) groups is 1. The molecule has 1 spiro atoms. The lowest BCUT2D eigenvalue weighted by atomic mass is 9.77. The lowest BCUT2D eigenvalue weighted by Gasteiger charge is -2.43. The first-order valence-corrected chi connectivity index (χ1v) is 8.26. The van der Waals surface area contributed by atoms with Crippen molar-refractivity contribution in [1.82, 2.24) is 14.8 Å². The van der Waals surface area contributed by atoms with Crippen LogP contribution in [-0.2, 0) is 11.3 Å². The Labute approximate surface area is 140 Å². The monoisotopic (exact) mass is 339 g/mol. The van der Waals surface area contributed by atoms with Gasteiger partial charge in [0.25, 0.3) is 5.92 Å². The van der Waals surface area contributed by atoms with Gasteiger partial charge in [0, 0.05) is 44.4 Å². The van der Waals surface area contributed by atoms with Gasteiger partial charge in [0.05, 0.1) is 19.1 Å². The number of amides is 1. The molecule has 24 heavy (non-hydrogen) atoms. The molecule has 0 radical (unpaired) electrons. The van der Waals surface area contributed by atoms with E-state index in [2.05, 4.69) is 4.98 Å².